The van der Waals surface area contributed by atoms with Crippen LogP contribution < -0.4 is 9.64 Å². The van der Waals surface area contributed by atoms with E-state index in [1.54, 1.807) is 29.2 Å². The molecule has 0 atom stereocenters. The van der Waals surface area contributed by atoms with Gasteiger partial charge in [-0.15, -0.1) is 0 Å². The van der Waals surface area contributed by atoms with Crippen molar-refractivity contribution in [2.45, 2.75) is 6.61 Å². The van der Waals surface area contributed by atoms with Crippen LogP contribution in [0.4, 0.5) is 5.69 Å². The van der Waals surface area contributed by atoms with Gasteiger partial charge in [-0.2, -0.15) is 10.5 Å². The molecule has 0 spiro atoms. The van der Waals surface area contributed by atoms with Gasteiger partial charge in [0.15, 0.2) is 0 Å². The molecule has 1 aliphatic rings. The van der Waals surface area contributed by atoms with Crippen molar-refractivity contribution in [2.75, 3.05) is 31.1 Å². The van der Waals surface area contributed by atoms with Gasteiger partial charge in [0.1, 0.15) is 24.0 Å². The molecule has 3 aromatic rings. The van der Waals surface area contributed by atoms with Crippen LogP contribution in [0.3, 0.4) is 0 Å². The second-order valence-corrected chi connectivity index (χ2v) is 7.91. The van der Waals surface area contributed by atoms with Crippen LogP contribution in [-0.4, -0.2) is 37.0 Å². The third kappa shape index (κ3) is 5.43. The molecule has 3 aromatic carbocycles. The van der Waals surface area contributed by atoms with Gasteiger partial charge in [-0.05, 0) is 42.0 Å². The van der Waals surface area contributed by atoms with Crippen molar-refractivity contribution in [2.24, 2.45) is 0 Å². The average molecular weight is 449 g/mol. The summed E-state index contributed by atoms with van der Waals surface area (Å²) >= 11 is 0. The average Bonchev–Trinajstić information content (AvgIpc) is 2.91. The van der Waals surface area contributed by atoms with Crippen molar-refractivity contribution in [3.8, 4) is 17.9 Å². The number of rotatable bonds is 6. The molecule has 0 bridgehead atoms. The van der Waals surface area contributed by atoms with Crippen molar-refractivity contribution >= 4 is 17.7 Å². The predicted molar refractivity (Wildman–Crippen MR) is 131 cm³/mol. The highest BCUT2D eigenvalue weighted by Gasteiger charge is 2.23. The molecule has 0 aliphatic carbocycles. The maximum absolute atomic E-state index is 12.9. The Morgan fingerprint density at radius 1 is 0.882 bits per heavy atom. The summed E-state index contributed by atoms with van der Waals surface area (Å²) < 4.78 is 5.79. The minimum absolute atomic E-state index is 0.116. The van der Waals surface area contributed by atoms with Gasteiger partial charge in [-0.25, -0.2) is 0 Å². The molecule has 4 rings (SSSR count). The molecule has 1 heterocycles. The number of anilines is 1. The lowest BCUT2D eigenvalue weighted by atomic mass is 10.1. The first-order valence-corrected chi connectivity index (χ1v) is 11.1. The fourth-order valence-electron chi connectivity index (χ4n) is 3.86. The predicted octanol–water partition coefficient (Wildman–Crippen LogP) is 4.39. The maximum Gasteiger partial charge on any atom is 0.264 e. The molecule has 34 heavy (non-hydrogen) atoms. The van der Waals surface area contributed by atoms with Crippen LogP contribution in [0.15, 0.2) is 84.4 Å². The van der Waals surface area contributed by atoms with Crippen LogP contribution in [0.2, 0.25) is 0 Å². The zero-order chi connectivity index (χ0) is 23.8. The molecule has 6 nitrogen and oxygen atoms in total. The zero-order valence-electron chi connectivity index (χ0n) is 18.7. The highest BCUT2D eigenvalue weighted by molar-refractivity contribution is 6.01. The molecule has 0 radical (unpaired) electrons. The van der Waals surface area contributed by atoms with Crippen LogP contribution in [-0.2, 0) is 11.4 Å². The van der Waals surface area contributed by atoms with Crippen LogP contribution in [0.5, 0.6) is 5.75 Å². The quantitative estimate of drug-likeness (QED) is 0.413. The summed E-state index contributed by atoms with van der Waals surface area (Å²) in [6, 6.07) is 28.9. The molecule has 168 valence electrons. The Bertz CT molecular complexity index is 1250. The first kappa shape index (κ1) is 22.6. The Morgan fingerprint density at radius 2 is 1.56 bits per heavy atom. The summed E-state index contributed by atoms with van der Waals surface area (Å²) in [5.41, 5.74) is 3.41. The number of amides is 1. The first-order chi connectivity index (χ1) is 16.7. The monoisotopic (exact) mass is 448 g/mol. The first-order valence-electron chi connectivity index (χ1n) is 11.1. The third-order valence-electron chi connectivity index (χ3n) is 5.76. The Labute approximate surface area is 199 Å². The van der Waals surface area contributed by atoms with Crippen molar-refractivity contribution in [1.82, 2.24) is 4.90 Å². The van der Waals surface area contributed by atoms with Gasteiger partial charge in [-0.1, -0.05) is 48.5 Å². The number of para-hydroxylation sites is 1. The summed E-state index contributed by atoms with van der Waals surface area (Å²) in [5.74, 6) is 0.399. The van der Waals surface area contributed by atoms with E-state index in [0.29, 0.717) is 24.4 Å². The topological polar surface area (TPSA) is 80.4 Å². The molecule has 1 fully saturated rings. The summed E-state index contributed by atoms with van der Waals surface area (Å²) in [6.07, 6.45) is 1.61. The van der Waals surface area contributed by atoms with E-state index in [0.717, 1.165) is 29.9 Å². The molecular formula is C28H24N4O2. The summed E-state index contributed by atoms with van der Waals surface area (Å²) in [6.45, 7) is 2.90. The molecular weight excluding hydrogens is 424 g/mol. The molecule has 1 aliphatic heterocycles. The number of nitrogens with zero attached hydrogens (tertiary/aromatic N) is 4. The number of hydrogen-bond donors (Lipinski definition) is 0. The normalized spacial score (nSPS) is 13.6. The number of hydrogen-bond acceptors (Lipinski definition) is 5. The van der Waals surface area contributed by atoms with Gasteiger partial charge in [0.25, 0.3) is 5.91 Å². The van der Waals surface area contributed by atoms with Crippen LogP contribution >= 0.6 is 0 Å². The van der Waals surface area contributed by atoms with Crippen LogP contribution in [0, 0.1) is 22.7 Å². The molecule has 1 amide bonds. The van der Waals surface area contributed by atoms with E-state index in [2.05, 4.69) is 29.2 Å². The Hall–Kier alpha value is -4.55. The minimum Gasteiger partial charge on any atom is -0.489 e. The van der Waals surface area contributed by atoms with Gasteiger partial charge < -0.3 is 14.5 Å². The van der Waals surface area contributed by atoms with E-state index in [1.807, 2.05) is 48.5 Å². The largest absolute Gasteiger partial charge is 0.489 e. The minimum atomic E-state index is -0.247. The van der Waals surface area contributed by atoms with Crippen molar-refractivity contribution in [3.63, 3.8) is 0 Å². The highest BCUT2D eigenvalue weighted by atomic mass is 16.5. The standard InChI is InChI=1S/C28H24N4O2/c29-19-23-6-4-5-7-24(23)21-34-27-12-10-22(11-13-27)18-25(20-30)28(33)32-16-14-31(15-17-32)26-8-2-1-3-9-26/h1-13,18H,14-17,21H2/b25-18-. The maximum atomic E-state index is 12.9. The van der Waals surface area contributed by atoms with Crippen LogP contribution in [0.25, 0.3) is 6.08 Å². The van der Waals surface area contributed by atoms with Gasteiger partial charge in [0.2, 0.25) is 0 Å². The zero-order valence-corrected chi connectivity index (χ0v) is 18.7. The molecule has 0 N–H and O–H groups in total. The van der Waals surface area contributed by atoms with Crippen molar-refractivity contribution in [1.29, 1.82) is 10.5 Å². The Kier molecular flexibility index (Phi) is 7.22. The summed E-state index contributed by atoms with van der Waals surface area (Å²) in [4.78, 5) is 16.9. The van der Waals surface area contributed by atoms with E-state index in [1.165, 1.54) is 0 Å². The Balaban J connectivity index is 1.36. The molecule has 0 unspecified atom stereocenters. The van der Waals surface area contributed by atoms with E-state index in [-0.39, 0.29) is 18.1 Å². The summed E-state index contributed by atoms with van der Waals surface area (Å²) in [7, 11) is 0. The lowest BCUT2D eigenvalue weighted by molar-refractivity contribution is -0.126. The van der Waals surface area contributed by atoms with E-state index < -0.39 is 0 Å². The fourth-order valence-corrected chi connectivity index (χ4v) is 3.86. The number of piperazine rings is 1. The number of ether oxygens (including phenoxy) is 1. The van der Waals surface area contributed by atoms with E-state index in [9.17, 15) is 15.3 Å². The SMILES string of the molecule is N#C/C(=C/c1ccc(OCc2ccccc2C#N)cc1)C(=O)N1CCN(c2ccccc2)CC1. The number of carbonyl (C=O) groups is 1. The number of benzene rings is 3. The number of carbonyl (C=O) groups excluding carboxylic acids is 1. The van der Waals surface area contributed by atoms with Crippen molar-refractivity contribution < 1.29 is 9.53 Å². The van der Waals surface area contributed by atoms with E-state index in [4.69, 9.17) is 4.74 Å². The summed E-state index contributed by atoms with van der Waals surface area (Å²) in [5, 5.41) is 18.8. The molecule has 0 saturated carbocycles. The fraction of sp³-hybridized carbons (Fsp3) is 0.179. The lowest BCUT2D eigenvalue weighted by Gasteiger charge is -2.36. The van der Waals surface area contributed by atoms with Gasteiger partial charge >= 0.3 is 0 Å². The van der Waals surface area contributed by atoms with Gasteiger partial charge in [-0.3, -0.25) is 4.79 Å². The second kappa shape index (κ2) is 10.8. The second-order valence-electron chi connectivity index (χ2n) is 7.91. The van der Waals surface area contributed by atoms with E-state index >= 15 is 0 Å². The van der Waals surface area contributed by atoms with Crippen LogP contribution in [0.1, 0.15) is 16.7 Å². The van der Waals surface area contributed by atoms with Gasteiger partial charge in [0.05, 0.1) is 11.6 Å². The number of nitriles is 2. The Morgan fingerprint density at radius 3 is 2.24 bits per heavy atom. The molecule has 0 aromatic heterocycles. The van der Waals surface area contributed by atoms with Gasteiger partial charge in [0, 0.05) is 37.4 Å². The third-order valence-corrected chi connectivity index (χ3v) is 5.76. The molecule has 6 heteroatoms. The smallest absolute Gasteiger partial charge is 0.264 e. The van der Waals surface area contributed by atoms with Crippen molar-refractivity contribution in [3.05, 3.63) is 101 Å². The highest BCUT2D eigenvalue weighted by Crippen LogP contribution is 2.19. The lowest BCUT2D eigenvalue weighted by Crippen LogP contribution is -2.49. The molecule has 1 saturated heterocycles.